The highest BCUT2D eigenvalue weighted by atomic mass is 35.5. The molecule has 4 aromatic rings. The van der Waals surface area contributed by atoms with Crippen molar-refractivity contribution < 1.29 is 13.9 Å². The monoisotopic (exact) mass is 494 g/mol. The standard InChI is InChI=1S/C25H24ClFN6O2/c1-25(2,3)21-13-22(33(32-21)19-7-4-17(26)5-8-19)31-24(34)30-18-6-9-20(27)16(12-18)15-35-23-14-28-10-11-29-23/h4-14H,15H2,1-3H3,(H2,30,31,34). The fourth-order valence-corrected chi connectivity index (χ4v) is 3.30. The maximum absolute atomic E-state index is 14.3. The minimum absolute atomic E-state index is 0.0695. The van der Waals surface area contributed by atoms with E-state index in [1.807, 2.05) is 39.0 Å². The third-order valence-electron chi connectivity index (χ3n) is 5.01. The Hall–Kier alpha value is -3.98. The number of halogens is 2. The van der Waals surface area contributed by atoms with Gasteiger partial charge in [-0.25, -0.2) is 18.9 Å². The highest BCUT2D eigenvalue weighted by Gasteiger charge is 2.21. The minimum Gasteiger partial charge on any atom is -0.472 e. The molecule has 0 aliphatic rings. The van der Waals surface area contributed by atoms with E-state index in [9.17, 15) is 9.18 Å². The first kappa shape index (κ1) is 24.2. The van der Waals surface area contributed by atoms with Gasteiger partial charge in [0, 0.05) is 40.1 Å². The molecule has 0 unspecified atom stereocenters. The van der Waals surface area contributed by atoms with Crippen LogP contribution in [0.15, 0.2) is 67.1 Å². The maximum atomic E-state index is 14.3. The number of anilines is 2. The van der Waals surface area contributed by atoms with Crippen LogP contribution < -0.4 is 15.4 Å². The summed E-state index contributed by atoms with van der Waals surface area (Å²) in [4.78, 5) is 20.7. The number of nitrogens with one attached hydrogen (secondary N) is 2. The van der Waals surface area contributed by atoms with Gasteiger partial charge in [0.25, 0.3) is 0 Å². The average molecular weight is 495 g/mol. The first-order chi connectivity index (χ1) is 16.7. The summed E-state index contributed by atoms with van der Waals surface area (Å²) in [5.74, 6) is 0.284. The normalized spacial score (nSPS) is 11.2. The van der Waals surface area contributed by atoms with Gasteiger partial charge in [0.05, 0.1) is 17.6 Å². The summed E-state index contributed by atoms with van der Waals surface area (Å²) in [7, 11) is 0. The molecule has 180 valence electrons. The number of urea groups is 1. The van der Waals surface area contributed by atoms with Crippen molar-refractivity contribution in [3.63, 3.8) is 0 Å². The molecule has 0 aliphatic heterocycles. The molecule has 2 heterocycles. The number of ether oxygens (including phenoxy) is 1. The number of hydrogen-bond donors (Lipinski definition) is 2. The molecule has 2 amide bonds. The van der Waals surface area contributed by atoms with Crippen LogP contribution in [0.25, 0.3) is 5.69 Å². The Balaban J connectivity index is 1.51. The number of hydrogen-bond acceptors (Lipinski definition) is 5. The molecule has 35 heavy (non-hydrogen) atoms. The van der Waals surface area contributed by atoms with Gasteiger partial charge in [-0.15, -0.1) is 0 Å². The number of amides is 2. The lowest BCUT2D eigenvalue weighted by Gasteiger charge is -2.14. The Bertz CT molecular complexity index is 1320. The van der Waals surface area contributed by atoms with Crippen LogP contribution in [0.2, 0.25) is 5.02 Å². The van der Waals surface area contributed by atoms with Crippen LogP contribution in [0.4, 0.5) is 20.7 Å². The molecule has 0 aliphatic carbocycles. The van der Waals surface area contributed by atoms with E-state index in [0.717, 1.165) is 11.4 Å². The maximum Gasteiger partial charge on any atom is 0.324 e. The van der Waals surface area contributed by atoms with E-state index in [2.05, 4.69) is 25.7 Å². The van der Waals surface area contributed by atoms with Gasteiger partial charge in [0.2, 0.25) is 5.88 Å². The molecule has 2 aromatic heterocycles. The molecule has 0 spiro atoms. The van der Waals surface area contributed by atoms with Gasteiger partial charge >= 0.3 is 6.03 Å². The molecular weight excluding hydrogens is 471 g/mol. The van der Waals surface area contributed by atoms with Crippen molar-refractivity contribution in [2.75, 3.05) is 10.6 Å². The summed E-state index contributed by atoms with van der Waals surface area (Å²) in [6, 6.07) is 12.7. The van der Waals surface area contributed by atoms with E-state index >= 15 is 0 Å². The fourth-order valence-electron chi connectivity index (χ4n) is 3.17. The van der Waals surface area contributed by atoms with E-state index in [0.29, 0.717) is 16.5 Å². The first-order valence-corrected chi connectivity index (χ1v) is 11.2. The van der Waals surface area contributed by atoms with Gasteiger partial charge in [-0.1, -0.05) is 32.4 Å². The average Bonchev–Trinajstić information content (AvgIpc) is 3.25. The van der Waals surface area contributed by atoms with Crippen molar-refractivity contribution in [3.05, 3.63) is 89.2 Å². The number of aromatic nitrogens is 4. The van der Waals surface area contributed by atoms with E-state index in [1.54, 1.807) is 16.8 Å². The van der Waals surface area contributed by atoms with E-state index in [-0.39, 0.29) is 23.5 Å². The van der Waals surface area contributed by atoms with Crippen LogP contribution in [0.1, 0.15) is 32.0 Å². The molecule has 0 fully saturated rings. The molecular formula is C25H24ClFN6O2. The van der Waals surface area contributed by atoms with Crippen LogP contribution in [0.3, 0.4) is 0 Å². The van der Waals surface area contributed by atoms with Gasteiger partial charge < -0.3 is 10.1 Å². The molecule has 0 radical (unpaired) electrons. The summed E-state index contributed by atoms with van der Waals surface area (Å²) in [6.07, 6.45) is 4.43. The Kier molecular flexibility index (Phi) is 6.97. The lowest BCUT2D eigenvalue weighted by atomic mass is 9.92. The zero-order valence-electron chi connectivity index (χ0n) is 19.4. The summed E-state index contributed by atoms with van der Waals surface area (Å²) in [5, 5.41) is 10.8. The van der Waals surface area contributed by atoms with Gasteiger partial charge in [-0.3, -0.25) is 10.3 Å². The highest BCUT2D eigenvalue weighted by Crippen LogP contribution is 2.27. The third-order valence-corrected chi connectivity index (χ3v) is 5.26. The molecule has 4 rings (SSSR count). The van der Waals surface area contributed by atoms with Crippen molar-refractivity contribution in [1.82, 2.24) is 19.7 Å². The van der Waals surface area contributed by atoms with Crippen molar-refractivity contribution in [1.29, 1.82) is 0 Å². The van der Waals surface area contributed by atoms with Crippen molar-refractivity contribution >= 4 is 29.1 Å². The lowest BCUT2D eigenvalue weighted by Crippen LogP contribution is -2.21. The van der Waals surface area contributed by atoms with Crippen molar-refractivity contribution in [3.8, 4) is 11.6 Å². The largest absolute Gasteiger partial charge is 0.472 e. The molecule has 2 N–H and O–H groups in total. The molecule has 8 nitrogen and oxygen atoms in total. The second-order valence-electron chi connectivity index (χ2n) is 8.77. The second-order valence-corrected chi connectivity index (χ2v) is 9.21. The second kappa shape index (κ2) is 10.1. The lowest BCUT2D eigenvalue weighted by molar-refractivity contribution is 0.262. The van der Waals surface area contributed by atoms with Crippen molar-refractivity contribution in [2.24, 2.45) is 0 Å². The minimum atomic E-state index is -0.507. The number of benzene rings is 2. The molecule has 0 saturated heterocycles. The number of nitrogens with zero attached hydrogens (tertiary/aromatic N) is 4. The zero-order chi connectivity index (χ0) is 25.0. The molecule has 0 atom stereocenters. The third kappa shape index (κ3) is 6.13. The van der Waals surface area contributed by atoms with E-state index in [1.165, 1.54) is 36.8 Å². The Morgan fingerprint density at radius 3 is 2.54 bits per heavy atom. The summed E-state index contributed by atoms with van der Waals surface area (Å²) < 4.78 is 21.4. The van der Waals surface area contributed by atoms with Crippen LogP contribution in [-0.2, 0) is 12.0 Å². The predicted octanol–water partition coefficient (Wildman–Crippen LogP) is 5.98. The van der Waals surface area contributed by atoms with Crippen molar-refractivity contribution in [2.45, 2.75) is 32.8 Å². The Morgan fingerprint density at radius 2 is 1.86 bits per heavy atom. The van der Waals surface area contributed by atoms with E-state index < -0.39 is 11.8 Å². The van der Waals surface area contributed by atoms with Crippen LogP contribution in [0.5, 0.6) is 5.88 Å². The van der Waals surface area contributed by atoms with Crippen LogP contribution in [0, 0.1) is 5.82 Å². The molecule has 0 bridgehead atoms. The predicted molar refractivity (Wildman–Crippen MR) is 133 cm³/mol. The fraction of sp³-hybridized carbons (Fsp3) is 0.200. The summed E-state index contributed by atoms with van der Waals surface area (Å²) >= 11 is 6.02. The number of rotatable bonds is 6. The van der Waals surface area contributed by atoms with Gasteiger partial charge in [-0.2, -0.15) is 5.10 Å². The molecule has 2 aromatic carbocycles. The Morgan fingerprint density at radius 1 is 1.09 bits per heavy atom. The molecule has 10 heteroatoms. The summed E-state index contributed by atoms with van der Waals surface area (Å²) in [5.41, 5.74) is 1.96. The summed E-state index contributed by atoms with van der Waals surface area (Å²) in [6.45, 7) is 6.04. The topological polar surface area (TPSA) is 94.0 Å². The van der Waals surface area contributed by atoms with Gasteiger partial charge in [0.1, 0.15) is 18.2 Å². The molecule has 0 saturated carbocycles. The van der Waals surface area contributed by atoms with E-state index in [4.69, 9.17) is 16.3 Å². The smallest absolute Gasteiger partial charge is 0.324 e. The highest BCUT2D eigenvalue weighted by molar-refractivity contribution is 6.30. The van der Waals surface area contributed by atoms with Crippen LogP contribution in [-0.4, -0.2) is 25.8 Å². The number of carbonyl (C=O) groups is 1. The quantitative estimate of drug-likeness (QED) is 0.344. The van der Waals surface area contributed by atoms with Crippen LogP contribution >= 0.6 is 11.6 Å². The van der Waals surface area contributed by atoms with Gasteiger partial charge in [-0.05, 0) is 42.5 Å². The zero-order valence-corrected chi connectivity index (χ0v) is 20.2. The Labute approximate surface area is 207 Å². The number of carbonyl (C=O) groups excluding carboxylic acids is 1. The van der Waals surface area contributed by atoms with Gasteiger partial charge in [0.15, 0.2) is 0 Å². The SMILES string of the molecule is CC(C)(C)c1cc(NC(=O)Nc2ccc(F)c(COc3cnccn3)c2)n(-c2ccc(Cl)cc2)n1. The first-order valence-electron chi connectivity index (χ1n) is 10.8.